The van der Waals surface area contributed by atoms with Crippen molar-refractivity contribution < 1.29 is 14.3 Å². The van der Waals surface area contributed by atoms with Gasteiger partial charge in [0.2, 0.25) is 5.91 Å². The van der Waals surface area contributed by atoms with Crippen molar-refractivity contribution in [3.63, 3.8) is 0 Å². The van der Waals surface area contributed by atoms with E-state index in [-0.39, 0.29) is 23.3 Å². The molecule has 1 saturated carbocycles. The topological polar surface area (TPSA) is 46.6 Å². The van der Waals surface area contributed by atoms with Crippen molar-refractivity contribution in [3.05, 3.63) is 77.0 Å². The fourth-order valence-corrected chi connectivity index (χ4v) is 6.00. The molecule has 2 heterocycles. The Hall–Kier alpha value is -2.88. The molecule has 0 aromatic heterocycles. The lowest BCUT2D eigenvalue weighted by Crippen LogP contribution is -2.61. The minimum Gasteiger partial charge on any atom is -0.464 e. The van der Waals surface area contributed by atoms with Gasteiger partial charge < -0.3 is 9.64 Å². The first-order valence-corrected chi connectivity index (χ1v) is 11.1. The number of hydrogen-bond donors (Lipinski definition) is 0. The monoisotopic (exact) mass is 415 g/mol. The van der Waals surface area contributed by atoms with Crippen LogP contribution in [0.5, 0.6) is 0 Å². The number of nitrogens with zero attached hydrogens (tertiary/aromatic N) is 1. The van der Waals surface area contributed by atoms with Crippen LogP contribution in [0.3, 0.4) is 0 Å². The zero-order valence-electron chi connectivity index (χ0n) is 18.6. The van der Waals surface area contributed by atoms with Crippen LogP contribution in [-0.2, 0) is 14.3 Å². The largest absolute Gasteiger partial charge is 0.464 e. The molecule has 0 radical (unpaired) electrons. The molecule has 2 fully saturated rings. The Balaban J connectivity index is 1.68. The first kappa shape index (κ1) is 20.0. The molecule has 4 nitrogen and oxygen atoms in total. The third-order valence-corrected chi connectivity index (χ3v) is 8.54. The smallest absolute Gasteiger partial charge is 0.322 e. The fraction of sp³-hybridized carbons (Fsp3) is 0.407. The number of amides is 1. The van der Waals surface area contributed by atoms with E-state index in [9.17, 15) is 9.59 Å². The van der Waals surface area contributed by atoms with Gasteiger partial charge in [0.1, 0.15) is 0 Å². The van der Waals surface area contributed by atoms with Gasteiger partial charge in [0, 0.05) is 11.6 Å². The van der Waals surface area contributed by atoms with Gasteiger partial charge in [-0.1, -0.05) is 69.3 Å². The van der Waals surface area contributed by atoms with Crippen LogP contribution >= 0.6 is 0 Å². The Morgan fingerprint density at radius 1 is 1.03 bits per heavy atom. The molecule has 31 heavy (non-hydrogen) atoms. The molecular formula is C27H29NO3. The first-order chi connectivity index (χ1) is 14.7. The van der Waals surface area contributed by atoms with Gasteiger partial charge in [-0.15, -0.1) is 0 Å². The first-order valence-electron chi connectivity index (χ1n) is 11.1. The standard InChI is InChI=1S/C27H29NO3/c1-18-9-8-12-19-13-16-28(22(21(18)19)20-10-6-5-7-11-20)23(29)27-15-14-26(4,25(27,2)3)17-31-24(27)30/h5-13,16,22H,14-15,17H2,1-4H3/t22-,26-,27-/m0/s1. The van der Waals surface area contributed by atoms with Crippen LogP contribution < -0.4 is 0 Å². The number of fused-ring (bicyclic) bond motifs is 3. The molecule has 1 amide bonds. The van der Waals surface area contributed by atoms with Crippen molar-refractivity contribution in [1.29, 1.82) is 0 Å². The zero-order valence-corrected chi connectivity index (χ0v) is 18.6. The van der Waals surface area contributed by atoms with Crippen molar-refractivity contribution >= 4 is 18.0 Å². The number of carbonyl (C=O) groups is 2. The van der Waals surface area contributed by atoms with Gasteiger partial charge in [0.15, 0.2) is 5.41 Å². The molecule has 3 aliphatic rings. The highest BCUT2D eigenvalue weighted by Gasteiger charge is 2.72. The van der Waals surface area contributed by atoms with E-state index >= 15 is 0 Å². The van der Waals surface area contributed by atoms with Crippen LogP contribution in [0, 0.1) is 23.2 Å². The van der Waals surface area contributed by atoms with Crippen molar-refractivity contribution in [2.75, 3.05) is 6.61 Å². The summed E-state index contributed by atoms with van der Waals surface area (Å²) in [5.74, 6) is -0.516. The van der Waals surface area contributed by atoms with Crippen molar-refractivity contribution in [2.24, 2.45) is 16.2 Å². The maximum Gasteiger partial charge on any atom is 0.322 e. The average Bonchev–Trinajstić information content (AvgIpc) is 2.87. The average molecular weight is 416 g/mol. The maximum atomic E-state index is 14.4. The van der Waals surface area contributed by atoms with Crippen molar-refractivity contribution in [2.45, 2.75) is 46.6 Å². The van der Waals surface area contributed by atoms with Gasteiger partial charge in [-0.05, 0) is 53.5 Å². The minimum absolute atomic E-state index is 0.148. The van der Waals surface area contributed by atoms with Gasteiger partial charge in [-0.3, -0.25) is 9.59 Å². The van der Waals surface area contributed by atoms with Crippen molar-refractivity contribution in [1.82, 2.24) is 4.90 Å². The molecule has 2 aromatic rings. The van der Waals surface area contributed by atoms with E-state index in [1.54, 1.807) is 4.90 Å². The van der Waals surface area contributed by atoms with Crippen molar-refractivity contribution in [3.8, 4) is 0 Å². The van der Waals surface area contributed by atoms with Crippen LogP contribution in [0.15, 0.2) is 54.7 Å². The predicted octanol–water partition coefficient (Wildman–Crippen LogP) is 5.27. The molecule has 160 valence electrons. The maximum absolute atomic E-state index is 14.4. The van der Waals surface area contributed by atoms with Crippen LogP contribution in [0.1, 0.15) is 61.9 Å². The van der Waals surface area contributed by atoms with Crippen LogP contribution in [0.25, 0.3) is 6.08 Å². The molecule has 0 N–H and O–H groups in total. The zero-order chi connectivity index (χ0) is 22.0. The van der Waals surface area contributed by atoms with Crippen LogP contribution in [-0.4, -0.2) is 23.4 Å². The second kappa shape index (κ2) is 6.56. The summed E-state index contributed by atoms with van der Waals surface area (Å²) in [5, 5.41) is 0. The van der Waals surface area contributed by atoms with E-state index in [1.165, 1.54) is 0 Å². The predicted molar refractivity (Wildman–Crippen MR) is 120 cm³/mol. The van der Waals surface area contributed by atoms with E-state index < -0.39 is 10.8 Å². The molecule has 3 atom stereocenters. The van der Waals surface area contributed by atoms with Gasteiger partial charge in [-0.2, -0.15) is 0 Å². The Morgan fingerprint density at radius 2 is 1.77 bits per heavy atom. The number of aryl methyl sites for hydroxylation is 1. The van der Waals surface area contributed by atoms with E-state index in [0.29, 0.717) is 13.0 Å². The number of rotatable bonds is 2. The molecule has 1 saturated heterocycles. The number of hydrogen-bond acceptors (Lipinski definition) is 3. The number of benzene rings is 2. The molecule has 1 aliphatic carbocycles. The molecule has 2 bridgehead atoms. The number of carbonyl (C=O) groups excluding carboxylic acids is 2. The van der Waals surface area contributed by atoms with E-state index in [0.717, 1.165) is 28.7 Å². The molecule has 2 aliphatic heterocycles. The highest BCUT2D eigenvalue weighted by atomic mass is 16.5. The third kappa shape index (κ3) is 2.48. The van der Waals surface area contributed by atoms with Crippen LogP contribution in [0.4, 0.5) is 0 Å². The highest BCUT2D eigenvalue weighted by molar-refractivity contribution is 6.06. The summed E-state index contributed by atoms with van der Waals surface area (Å²) in [6.45, 7) is 8.76. The van der Waals surface area contributed by atoms with Crippen LogP contribution in [0.2, 0.25) is 0 Å². The van der Waals surface area contributed by atoms with E-state index in [1.807, 2.05) is 36.5 Å². The third-order valence-electron chi connectivity index (χ3n) is 8.54. The normalized spacial score (nSPS) is 30.6. The van der Waals surface area contributed by atoms with Gasteiger partial charge in [-0.25, -0.2) is 0 Å². The molecule has 5 rings (SSSR count). The number of esters is 1. The second-order valence-corrected chi connectivity index (χ2v) is 10.1. The summed E-state index contributed by atoms with van der Waals surface area (Å²) < 4.78 is 5.64. The lowest BCUT2D eigenvalue weighted by Gasteiger charge is -2.51. The minimum atomic E-state index is -1.17. The second-order valence-electron chi connectivity index (χ2n) is 10.1. The lowest BCUT2D eigenvalue weighted by atomic mass is 9.57. The molecule has 2 aromatic carbocycles. The number of cyclic esters (lactones) is 1. The molecule has 0 spiro atoms. The lowest BCUT2D eigenvalue weighted by molar-refractivity contribution is -0.192. The Morgan fingerprint density at radius 3 is 2.52 bits per heavy atom. The molecular weight excluding hydrogens is 386 g/mol. The summed E-state index contributed by atoms with van der Waals surface area (Å²) in [4.78, 5) is 29.5. The molecule has 4 heteroatoms. The Bertz CT molecular complexity index is 1100. The summed E-state index contributed by atoms with van der Waals surface area (Å²) in [6, 6.07) is 16.0. The Labute approximate surface area is 183 Å². The highest BCUT2D eigenvalue weighted by Crippen LogP contribution is 2.66. The van der Waals surface area contributed by atoms with Gasteiger partial charge >= 0.3 is 5.97 Å². The SMILES string of the molecule is Cc1cccc2c1[C@H](c1ccccc1)N(C(=O)[C@@]13CC[C@@](C)(COC1=O)C3(C)C)C=C2. The number of ether oxygens (including phenoxy) is 1. The van der Waals surface area contributed by atoms with Gasteiger partial charge in [0.25, 0.3) is 0 Å². The summed E-state index contributed by atoms with van der Waals surface area (Å²) in [7, 11) is 0. The fourth-order valence-electron chi connectivity index (χ4n) is 6.00. The quantitative estimate of drug-likeness (QED) is 0.496. The summed E-state index contributed by atoms with van der Waals surface area (Å²) in [5.41, 5.74) is 2.53. The van der Waals surface area contributed by atoms with Gasteiger partial charge in [0.05, 0.1) is 12.6 Å². The van der Waals surface area contributed by atoms with E-state index in [2.05, 4.69) is 52.0 Å². The van der Waals surface area contributed by atoms with E-state index in [4.69, 9.17) is 4.74 Å². The summed E-state index contributed by atoms with van der Waals surface area (Å²) >= 11 is 0. The Kier molecular flexibility index (Phi) is 4.24. The summed E-state index contributed by atoms with van der Waals surface area (Å²) in [6.07, 6.45) is 5.19. The molecule has 0 unspecified atom stereocenters.